The molecule has 1 N–H and O–H groups in total. The van der Waals surface area contributed by atoms with Gasteiger partial charge >= 0.3 is 5.97 Å². The molecule has 0 aliphatic heterocycles. The Morgan fingerprint density at radius 3 is 2.32 bits per heavy atom. The van der Waals surface area contributed by atoms with E-state index < -0.39 is 5.97 Å². The number of ether oxygens (including phenoxy) is 1. The molecule has 2 aromatic rings. The van der Waals surface area contributed by atoms with Crippen molar-refractivity contribution in [1.29, 1.82) is 0 Å². The number of carboxylic acid groups (broad SMARTS) is 1. The Bertz CT molecular complexity index is 612. The summed E-state index contributed by atoms with van der Waals surface area (Å²) < 4.78 is 5.37. The van der Waals surface area contributed by atoms with Gasteiger partial charge in [0.1, 0.15) is 5.75 Å². The minimum absolute atomic E-state index is 0.288. The number of carboxylic acids is 1. The predicted molar refractivity (Wildman–Crippen MR) is 74.3 cm³/mol. The van der Waals surface area contributed by atoms with E-state index in [4.69, 9.17) is 9.84 Å². The highest BCUT2D eigenvalue weighted by Crippen LogP contribution is 2.26. The molecule has 0 saturated carbocycles. The van der Waals surface area contributed by atoms with Crippen molar-refractivity contribution in [3.63, 3.8) is 0 Å². The summed E-state index contributed by atoms with van der Waals surface area (Å²) in [5, 5.41) is 9.16. The van der Waals surface area contributed by atoms with Gasteiger partial charge < -0.3 is 9.84 Å². The Kier molecular flexibility index (Phi) is 3.66. The van der Waals surface area contributed by atoms with Crippen LogP contribution in [0.2, 0.25) is 0 Å². The summed E-state index contributed by atoms with van der Waals surface area (Å²) in [4.78, 5) is 11.2. The van der Waals surface area contributed by atoms with Gasteiger partial charge in [-0.25, -0.2) is 4.79 Å². The zero-order chi connectivity index (χ0) is 13.8. The Labute approximate surface area is 111 Å². The van der Waals surface area contributed by atoms with E-state index >= 15 is 0 Å². The zero-order valence-electron chi connectivity index (χ0n) is 10.6. The fourth-order valence-corrected chi connectivity index (χ4v) is 1.83. The van der Waals surface area contributed by atoms with Crippen LogP contribution in [0.15, 0.2) is 60.9 Å². The number of benzene rings is 2. The van der Waals surface area contributed by atoms with Gasteiger partial charge in [0.25, 0.3) is 0 Å². The van der Waals surface area contributed by atoms with E-state index in [1.54, 1.807) is 37.3 Å². The summed E-state index contributed by atoms with van der Waals surface area (Å²) in [6.45, 7) is 5.44. The quantitative estimate of drug-likeness (QED) is 0.840. The number of hydrogen-bond donors (Lipinski definition) is 1. The standard InChI is InChI=1S/C16H14O3/c1-11(2)19-13-9-7-12(8-10-13)14-5-3-4-6-15(14)16(17)18/h3-10H,1H2,2H3,(H,17,18). The highest BCUT2D eigenvalue weighted by Gasteiger charge is 2.10. The minimum atomic E-state index is -0.933. The second-order valence-corrected chi connectivity index (χ2v) is 4.18. The van der Waals surface area contributed by atoms with Crippen LogP contribution in [0, 0.1) is 0 Å². The van der Waals surface area contributed by atoms with Gasteiger partial charge in [-0.1, -0.05) is 36.9 Å². The Balaban J connectivity index is 2.37. The van der Waals surface area contributed by atoms with E-state index in [1.165, 1.54) is 0 Å². The maximum absolute atomic E-state index is 11.2. The third-order valence-corrected chi connectivity index (χ3v) is 2.61. The van der Waals surface area contributed by atoms with Gasteiger partial charge in [-0.2, -0.15) is 0 Å². The average Bonchev–Trinajstić information content (AvgIpc) is 2.39. The van der Waals surface area contributed by atoms with Crippen molar-refractivity contribution in [2.45, 2.75) is 6.92 Å². The molecule has 0 amide bonds. The first-order chi connectivity index (χ1) is 9.08. The number of hydrogen-bond acceptors (Lipinski definition) is 2. The van der Waals surface area contributed by atoms with E-state index in [0.717, 1.165) is 5.56 Å². The van der Waals surface area contributed by atoms with E-state index in [9.17, 15) is 4.79 Å². The Morgan fingerprint density at radius 1 is 1.11 bits per heavy atom. The van der Waals surface area contributed by atoms with E-state index in [2.05, 4.69) is 6.58 Å². The summed E-state index contributed by atoms with van der Waals surface area (Å²) in [5.41, 5.74) is 1.82. The van der Waals surface area contributed by atoms with Crippen molar-refractivity contribution < 1.29 is 14.6 Å². The van der Waals surface area contributed by atoms with Crippen LogP contribution in [0.5, 0.6) is 5.75 Å². The lowest BCUT2D eigenvalue weighted by Crippen LogP contribution is -1.98. The monoisotopic (exact) mass is 254 g/mol. The SMILES string of the molecule is C=C(C)Oc1ccc(-c2ccccc2C(=O)O)cc1. The van der Waals surface area contributed by atoms with Gasteiger partial charge in [0.2, 0.25) is 0 Å². The summed E-state index contributed by atoms with van der Waals surface area (Å²) in [6.07, 6.45) is 0. The Hall–Kier alpha value is -2.55. The van der Waals surface area contributed by atoms with Crippen molar-refractivity contribution in [2.75, 3.05) is 0 Å². The van der Waals surface area contributed by atoms with Crippen LogP contribution in [0.4, 0.5) is 0 Å². The molecule has 0 spiro atoms. The predicted octanol–water partition coefficient (Wildman–Crippen LogP) is 3.96. The summed E-state index contributed by atoms with van der Waals surface area (Å²) in [7, 11) is 0. The molecule has 0 aliphatic rings. The van der Waals surface area contributed by atoms with Crippen LogP contribution < -0.4 is 4.74 Å². The normalized spacial score (nSPS) is 9.95. The van der Waals surface area contributed by atoms with Crippen LogP contribution >= 0.6 is 0 Å². The molecule has 0 bridgehead atoms. The highest BCUT2D eigenvalue weighted by atomic mass is 16.5. The second kappa shape index (κ2) is 5.40. The highest BCUT2D eigenvalue weighted by molar-refractivity contribution is 5.96. The summed E-state index contributed by atoms with van der Waals surface area (Å²) >= 11 is 0. The van der Waals surface area contributed by atoms with Gasteiger partial charge in [-0.05, 0) is 36.2 Å². The maximum atomic E-state index is 11.2. The molecule has 0 saturated heterocycles. The molecule has 0 unspecified atom stereocenters. The minimum Gasteiger partial charge on any atom is -0.478 e. The van der Waals surface area contributed by atoms with Crippen molar-refractivity contribution in [1.82, 2.24) is 0 Å². The molecule has 3 nitrogen and oxygen atoms in total. The van der Waals surface area contributed by atoms with Gasteiger partial charge in [-0.15, -0.1) is 0 Å². The number of rotatable bonds is 4. The lowest BCUT2D eigenvalue weighted by atomic mass is 10.00. The molecular weight excluding hydrogens is 240 g/mol. The number of allylic oxidation sites excluding steroid dienone is 1. The number of aromatic carboxylic acids is 1. The second-order valence-electron chi connectivity index (χ2n) is 4.18. The molecule has 2 rings (SSSR count). The Morgan fingerprint density at radius 2 is 1.74 bits per heavy atom. The molecule has 2 aromatic carbocycles. The molecule has 0 fully saturated rings. The summed E-state index contributed by atoms with van der Waals surface area (Å²) in [5.74, 6) is 0.362. The van der Waals surface area contributed by atoms with Gasteiger partial charge in [-0.3, -0.25) is 0 Å². The first-order valence-electron chi connectivity index (χ1n) is 5.84. The molecule has 19 heavy (non-hydrogen) atoms. The van der Waals surface area contributed by atoms with Crippen LogP contribution in [0.25, 0.3) is 11.1 Å². The maximum Gasteiger partial charge on any atom is 0.336 e. The van der Waals surface area contributed by atoms with Crippen molar-refractivity contribution in [2.24, 2.45) is 0 Å². The molecule has 0 radical (unpaired) electrons. The molecular formula is C16H14O3. The van der Waals surface area contributed by atoms with Gasteiger partial charge in [0.15, 0.2) is 0 Å². The first-order valence-corrected chi connectivity index (χ1v) is 5.84. The van der Waals surface area contributed by atoms with Crippen molar-refractivity contribution >= 4 is 5.97 Å². The summed E-state index contributed by atoms with van der Waals surface area (Å²) in [6, 6.07) is 14.2. The molecule has 96 valence electrons. The molecule has 3 heteroatoms. The zero-order valence-corrected chi connectivity index (χ0v) is 10.6. The lowest BCUT2D eigenvalue weighted by molar-refractivity contribution is 0.0697. The average molecular weight is 254 g/mol. The smallest absolute Gasteiger partial charge is 0.336 e. The fraction of sp³-hybridized carbons (Fsp3) is 0.0625. The van der Waals surface area contributed by atoms with E-state index in [0.29, 0.717) is 17.1 Å². The van der Waals surface area contributed by atoms with Crippen LogP contribution in [-0.4, -0.2) is 11.1 Å². The molecule has 0 aliphatic carbocycles. The molecule has 0 atom stereocenters. The number of carbonyl (C=O) groups is 1. The lowest BCUT2D eigenvalue weighted by Gasteiger charge is -2.08. The fourth-order valence-electron chi connectivity index (χ4n) is 1.83. The molecule has 0 aromatic heterocycles. The third-order valence-electron chi connectivity index (χ3n) is 2.61. The van der Waals surface area contributed by atoms with Crippen LogP contribution in [-0.2, 0) is 0 Å². The first kappa shape index (κ1) is 12.9. The van der Waals surface area contributed by atoms with E-state index in [1.807, 2.05) is 18.2 Å². The van der Waals surface area contributed by atoms with Gasteiger partial charge in [0, 0.05) is 0 Å². The largest absolute Gasteiger partial charge is 0.478 e. The van der Waals surface area contributed by atoms with E-state index in [-0.39, 0.29) is 5.56 Å². The van der Waals surface area contributed by atoms with Gasteiger partial charge in [0.05, 0.1) is 11.3 Å². The van der Waals surface area contributed by atoms with Crippen molar-refractivity contribution in [3.05, 3.63) is 66.4 Å². The third kappa shape index (κ3) is 3.01. The topological polar surface area (TPSA) is 46.5 Å². The van der Waals surface area contributed by atoms with Crippen LogP contribution in [0.3, 0.4) is 0 Å². The van der Waals surface area contributed by atoms with Crippen molar-refractivity contribution in [3.8, 4) is 16.9 Å². The van der Waals surface area contributed by atoms with Crippen LogP contribution in [0.1, 0.15) is 17.3 Å². The molecule has 0 heterocycles.